The van der Waals surface area contributed by atoms with Gasteiger partial charge in [-0.25, -0.2) is 4.39 Å². The molecule has 2 nitrogen and oxygen atoms in total. The largest absolute Gasteiger partial charge is 0.325 e. The molecule has 2 aromatic rings. The molecule has 19 heavy (non-hydrogen) atoms. The molecule has 1 aliphatic heterocycles. The van der Waals surface area contributed by atoms with Gasteiger partial charge in [-0.15, -0.1) is 0 Å². The Bertz CT molecular complexity index is 659. The molecule has 0 atom stereocenters. The average molecular weight is 255 g/mol. The van der Waals surface area contributed by atoms with Crippen LogP contribution in [-0.2, 0) is 10.2 Å². The summed E-state index contributed by atoms with van der Waals surface area (Å²) in [6, 6.07) is 12.2. The third kappa shape index (κ3) is 1.82. The van der Waals surface area contributed by atoms with Crippen LogP contribution in [0, 0.1) is 5.82 Å². The lowest BCUT2D eigenvalue weighted by atomic mass is 9.85. The Balaban J connectivity index is 2.10. The Morgan fingerprint density at radius 2 is 1.63 bits per heavy atom. The van der Waals surface area contributed by atoms with Crippen molar-refractivity contribution in [1.82, 2.24) is 0 Å². The monoisotopic (exact) mass is 255 g/mol. The van der Waals surface area contributed by atoms with Gasteiger partial charge in [0.2, 0.25) is 5.91 Å². The van der Waals surface area contributed by atoms with Crippen molar-refractivity contribution >= 4 is 11.6 Å². The number of hydrogen-bond donors (Lipinski definition) is 1. The minimum absolute atomic E-state index is 0.0127. The number of benzene rings is 2. The lowest BCUT2D eigenvalue weighted by molar-refractivity contribution is -0.119. The molecule has 0 aliphatic carbocycles. The van der Waals surface area contributed by atoms with E-state index in [1.165, 1.54) is 12.1 Å². The van der Waals surface area contributed by atoms with E-state index >= 15 is 0 Å². The number of halogens is 1. The summed E-state index contributed by atoms with van der Waals surface area (Å²) in [4.78, 5) is 11.9. The highest BCUT2D eigenvalue weighted by molar-refractivity contribution is 6.06. The van der Waals surface area contributed by atoms with Crippen LogP contribution in [0.4, 0.5) is 10.1 Å². The number of fused-ring (bicyclic) bond motifs is 1. The van der Waals surface area contributed by atoms with Crippen molar-refractivity contribution in [2.75, 3.05) is 5.32 Å². The summed E-state index contributed by atoms with van der Waals surface area (Å²) in [6.07, 6.45) is 0. The van der Waals surface area contributed by atoms with E-state index in [0.717, 1.165) is 22.4 Å². The summed E-state index contributed by atoms with van der Waals surface area (Å²) in [5.41, 5.74) is 3.26. The molecular weight excluding hydrogens is 241 g/mol. The maximum absolute atomic E-state index is 12.9. The highest BCUT2D eigenvalue weighted by atomic mass is 19.1. The highest BCUT2D eigenvalue weighted by Crippen LogP contribution is 2.39. The standard InChI is InChI=1S/C16H14FNO/c1-16(2)13-9-11(5-8-14(13)18-15(16)19)10-3-6-12(17)7-4-10/h3-9H,1-2H3,(H,18,19). The molecule has 0 saturated carbocycles. The molecule has 0 bridgehead atoms. The van der Waals surface area contributed by atoms with Crippen LogP contribution in [0.5, 0.6) is 0 Å². The molecule has 0 radical (unpaired) electrons. The smallest absolute Gasteiger partial charge is 0.234 e. The number of hydrogen-bond acceptors (Lipinski definition) is 1. The van der Waals surface area contributed by atoms with Crippen molar-refractivity contribution < 1.29 is 9.18 Å². The highest BCUT2D eigenvalue weighted by Gasteiger charge is 2.38. The molecule has 2 aromatic carbocycles. The molecule has 3 heteroatoms. The number of carbonyl (C=O) groups is 1. The number of nitrogens with one attached hydrogen (secondary N) is 1. The molecule has 96 valence electrons. The maximum atomic E-state index is 12.9. The molecule has 1 amide bonds. The van der Waals surface area contributed by atoms with Crippen molar-refractivity contribution in [3.63, 3.8) is 0 Å². The second-order valence-corrected chi connectivity index (χ2v) is 5.35. The van der Waals surface area contributed by atoms with Crippen LogP contribution in [0.25, 0.3) is 11.1 Å². The summed E-state index contributed by atoms with van der Waals surface area (Å²) < 4.78 is 12.9. The Morgan fingerprint density at radius 1 is 1.00 bits per heavy atom. The van der Waals surface area contributed by atoms with Gasteiger partial charge < -0.3 is 5.32 Å². The lowest BCUT2D eigenvalue weighted by Crippen LogP contribution is -2.26. The van der Waals surface area contributed by atoms with Crippen LogP contribution in [0.1, 0.15) is 19.4 Å². The van der Waals surface area contributed by atoms with E-state index in [0.29, 0.717) is 0 Å². The van der Waals surface area contributed by atoms with Crippen LogP contribution < -0.4 is 5.32 Å². The fourth-order valence-electron chi connectivity index (χ4n) is 2.39. The fourth-order valence-corrected chi connectivity index (χ4v) is 2.39. The molecule has 0 spiro atoms. The zero-order valence-corrected chi connectivity index (χ0v) is 10.8. The lowest BCUT2D eigenvalue weighted by Gasteiger charge is -2.15. The quantitative estimate of drug-likeness (QED) is 0.826. The third-order valence-electron chi connectivity index (χ3n) is 3.69. The zero-order valence-electron chi connectivity index (χ0n) is 10.8. The first-order chi connectivity index (χ1) is 8.98. The summed E-state index contributed by atoms with van der Waals surface area (Å²) >= 11 is 0. The van der Waals surface area contributed by atoms with E-state index in [1.54, 1.807) is 12.1 Å². The predicted octanol–water partition coefficient (Wildman–Crippen LogP) is 3.72. The zero-order chi connectivity index (χ0) is 13.6. The number of rotatable bonds is 1. The van der Waals surface area contributed by atoms with Gasteiger partial charge in [0.1, 0.15) is 5.82 Å². The molecule has 0 fully saturated rings. The Hall–Kier alpha value is -2.16. The molecule has 1 N–H and O–H groups in total. The molecule has 0 saturated heterocycles. The molecular formula is C16H14FNO. The topological polar surface area (TPSA) is 29.1 Å². The Morgan fingerprint density at radius 3 is 2.32 bits per heavy atom. The Kier molecular flexibility index (Phi) is 2.45. The van der Waals surface area contributed by atoms with Crippen molar-refractivity contribution in [3.05, 3.63) is 53.8 Å². The fraction of sp³-hybridized carbons (Fsp3) is 0.188. The number of anilines is 1. The summed E-state index contributed by atoms with van der Waals surface area (Å²) in [5, 5.41) is 2.88. The van der Waals surface area contributed by atoms with Crippen molar-refractivity contribution in [2.45, 2.75) is 19.3 Å². The first-order valence-electron chi connectivity index (χ1n) is 6.20. The van der Waals surface area contributed by atoms with Gasteiger partial charge in [0, 0.05) is 5.69 Å². The van der Waals surface area contributed by atoms with Crippen molar-refractivity contribution in [2.24, 2.45) is 0 Å². The van der Waals surface area contributed by atoms with Crippen molar-refractivity contribution in [1.29, 1.82) is 0 Å². The second-order valence-electron chi connectivity index (χ2n) is 5.35. The molecule has 1 heterocycles. The molecule has 3 rings (SSSR count). The van der Waals surface area contributed by atoms with E-state index in [4.69, 9.17) is 0 Å². The number of carbonyl (C=O) groups excluding carboxylic acids is 1. The van der Waals surface area contributed by atoms with E-state index in [-0.39, 0.29) is 11.7 Å². The van der Waals surface area contributed by atoms with Crippen LogP contribution in [0.3, 0.4) is 0 Å². The van der Waals surface area contributed by atoms with E-state index in [2.05, 4.69) is 5.32 Å². The van der Waals surface area contributed by atoms with Gasteiger partial charge >= 0.3 is 0 Å². The van der Waals surface area contributed by atoms with E-state index in [9.17, 15) is 9.18 Å². The second kappa shape index (κ2) is 3.92. The first kappa shape index (κ1) is 11.9. The van der Waals surface area contributed by atoms with Gasteiger partial charge in [0.25, 0.3) is 0 Å². The van der Waals surface area contributed by atoms with Gasteiger partial charge in [0.05, 0.1) is 5.41 Å². The average Bonchev–Trinajstić information content (AvgIpc) is 2.61. The van der Waals surface area contributed by atoms with Gasteiger partial charge in [-0.05, 0) is 54.8 Å². The van der Waals surface area contributed by atoms with Gasteiger partial charge in [0.15, 0.2) is 0 Å². The summed E-state index contributed by atoms with van der Waals surface area (Å²) in [6.45, 7) is 3.81. The minimum Gasteiger partial charge on any atom is -0.325 e. The van der Waals surface area contributed by atoms with Gasteiger partial charge in [-0.1, -0.05) is 18.2 Å². The maximum Gasteiger partial charge on any atom is 0.234 e. The number of amides is 1. The van der Waals surface area contributed by atoms with Crippen LogP contribution in [-0.4, -0.2) is 5.91 Å². The Labute approximate surface area is 111 Å². The summed E-state index contributed by atoms with van der Waals surface area (Å²) in [5.74, 6) is -0.235. The molecule has 0 aromatic heterocycles. The van der Waals surface area contributed by atoms with Crippen LogP contribution in [0.2, 0.25) is 0 Å². The SMILES string of the molecule is CC1(C)C(=O)Nc2ccc(-c3ccc(F)cc3)cc21. The van der Waals surface area contributed by atoms with E-state index < -0.39 is 5.41 Å². The van der Waals surface area contributed by atoms with E-state index in [1.807, 2.05) is 32.0 Å². The third-order valence-corrected chi connectivity index (χ3v) is 3.69. The molecule has 0 unspecified atom stereocenters. The van der Waals surface area contributed by atoms with Crippen LogP contribution >= 0.6 is 0 Å². The first-order valence-corrected chi connectivity index (χ1v) is 6.20. The van der Waals surface area contributed by atoms with Gasteiger partial charge in [-0.2, -0.15) is 0 Å². The normalized spacial score (nSPS) is 16.1. The predicted molar refractivity (Wildman–Crippen MR) is 73.5 cm³/mol. The summed E-state index contributed by atoms with van der Waals surface area (Å²) in [7, 11) is 0. The molecule has 1 aliphatic rings. The van der Waals surface area contributed by atoms with Crippen LogP contribution in [0.15, 0.2) is 42.5 Å². The van der Waals surface area contributed by atoms with Crippen molar-refractivity contribution in [3.8, 4) is 11.1 Å². The minimum atomic E-state index is -0.522. The van der Waals surface area contributed by atoms with Gasteiger partial charge in [-0.3, -0.25) is 4.79 Å².